The summed E-state index contributed by atoms with van der Waals surface area (Å²) in [6.45, 7) is 4.00. The lowest BCUT2D eigenvalue weighted by Gasteiger charge is -1.99. The van der Waals surface area contributed by atoms with Crippen LogP contribution in [-0.4, -0.2) is 6.29 Å². The molecule has 0 aliphatic rings. The van der Waals surface area contributed by atoms with Crippen LogP contribution in [0.3, 0.4) is 0 Å². The van der Waals surface area contributed by atoms with Crippen LogP contribution in [0.25, 0.3) is 0 Å². The van der Waals surface area contributed by atoms with Gasteiger partial charge in [0.2, 0.25) is 0 Å². The van der Waals surface area contributed by atoms with E-state index in [1.54, 1.807) is 18.4 Å². The number of carbonyl (C=O) groups is 1. The highest BCUT2D eigenvalue weighted by Crippen LogP contribution is 2.09. The van der Waals surface area contributed by atoms with Gasteiger partial charge < -0.3 is 11.1 Å². The minimum absolute atomic E-state index is 0.730. The molecule has 0 aliphatic heterocycles. The maximum atomic E-state index is 9.92. The van der Waals surface area contributed by atoms with Crippen LogP contribution < -0.4 is 11.1 Å². The van der Waals surface area contributed by atoms with Crippen molar-refractivity contribution in [2.24, 2.45) is 0 Å². The van der Waals surface area contributed by atoms with Crippen LogP contribution in [0.2, 0.25) is 0 Å². The molecule has 3 N–H and O–H groups in total. The van der Waals surface area contributed by atoms with E-state index in [0.717, 1.165) is 17.7 Å². The second-order valence-corrected chi connectivity index (χ2v) is 2.65. The summed E-state index contributed by atoms with van der Waals surface area (Å²) in [5.41, 5.74) is 7.22. The molecule has 86 valence electrons. The topological polar surface area (TPSA) is 55.1 Å². The third kappa shape index (κ3) is 6.43. The summed E-state index contributed by atoms with van der Waals surface area (Å²) in [6, 6.07) is 7.39. The maximum Gasteiger partial charge on any atom is 0.142 e. The minimum atomic E-state index is 0.730. The van der Waals surface area contributed by atoms with Gasteiger partial charge in [-0.3, -0.25) is 4.79 Å². The molecule has 3 nitrogen and oxygen atoms in total. The van der Waals surface area contributed by atoms with E-state index in [1.165, 1.54) is 6.08 Å². The first-order chi connectivity index (χ1) is 7.83. The van der Waals surface area contributed by atoms with Gasteiger partial charge in [-0.05, 0) is 36.4 Å². The van der Waals surface area contributed by atoms with E-state index in [1.807, 2.05) is 38.1 Å². The van der Waals surface area contributed by atoms with Gasteiger partial charge in [-0.2, -0.15) is 0 Å². The summed E-state index contributed by atoms with van der Waals surface area (Å²) < 4.78 is 0. The third-order valence-electron chi connectivity index (χ3n) is 1.56. The van der Waals surface area contributed by atoms with Gasteiger partial charge in [-0.1, -0.05) is 19.9 Å². The molecule has 0 saturated carbocycles. The number of benzene rings is 1. The highest BCUT2D eigenvalue weighted by molar-refractivity contribution is 5.65. The van der Waals surface area contributed by atoms with Crippen molar-refractivity contribution in [2.45, 2.75) is 13.8 Å². The SMILES string of the molecule is CC.Nc1ccc(N/C=C\C=C/C=O)cc1. The lowest BCUT2D eigenvalue weighted by Crippen LogP contribution is -1.88. The van der Waals surface area contributed by atoms with Crippen molar-refractivity contribution in [3.05, 3.63) is 48.7 Å². The van der Waals surface area contributed by atoms with E-state index in [-0.39, 0.29) is 0 Å². The van der Waals surface area contributed by atoms with Crippen LogP contribution in [-0.2, 0) is 4.79 Å². The van der Waals surface area contributed by atoms with E-state index in [0.29, 0.717) is 0 Å². The van der Waals surface area contributed by atoms with Crippen molar-refractivity contribution in [2.75, 3.05) is 11.1 Å². The molecule has 0 heterocycles. The monoisotopic (exact) mass is 218 g/mol. The summed E-state index contributed by atoms with van der Waals surface area (Å²) in [6.07, 6.45) is 7.28. The van der Waals surface area contributed by atoms with E-state index in [2.05, 4.69) is 5.32 Å². The zero-order valence-corrected chi connectivity index (χ0v) is 9.68. The predicted molar refractivity (Wildman–Crippen MR) is 70.2 cm³/mol. The molecular weight excluding hydrogens is 200 g/mol. The Hall–Kier alpha value is -2.03. The summed E-state index contributed by atoms with van der Waals surface area (Å²) in [5, 5.41) is 3.03. The molecule has 0 bridgehead atoms. The van der Waals surface area contributed by atoms with Crippen LogP contribution in [0.5, 0.6) is 0 Å². The second kappa shape index (κ2) is 9.52. The average Bonchev–Trinajstić information content (AvgIpc) is 2.34. The summed E-state index contributed by atoms with van der Waals surface area (Å²) in [7, 11) is 0. The number of nitrogen functional groups attached to an aromatic ring is 1. The molecule has 0 aliphatic carbocycles. The molecule has 3 heteroatoms. The standard InChI is InChI=1S/C11H12N2O.C2H6/c12-10-4-6-11(7-5-10)13-8-2-1-3-9-14;1-2/h1-9,13H,12H2;1-2H3/b3-1-,8-2-;. The van der Waals surface area contributed by atoms with E-state index in [9.17, 15) is 4.79 Å². The lowest BCUT2D eigenvalue weighted by atomic mass is 10.3. The molecule has 0 unspecified atom stereocenters. The fourth-order valence-corrected chi connectivity index (χ4v) is 0.889. The highest BCUT2D eigenvalue weighted by atomic mass is 16.1. The van der Waals surface area contributed by atoms with Gasteiger partial charge in [0, 0.05) is 17.6 Å². The van der Waals surface area contributed by atoms with Gasteiger partial charge in [0.05, 0.1) is 0 Å². The van der Waals surface area contributed by atoms with Crippen molar-refractivity contribution in [1.29, 1.82) is 0 Å². The lowest BCUT2D eigenvalue weighted by molar-refractivity contribution is -0.104. The normalized spacial score (nSPS) is 9.88. The van der Waals surface area contributed by atoms with Gasteiger partial charge in [-0.25, -0.2) is 0 Å². The Morgan fingerprint density at radius 2 is 1.69 bits per heavy atom. The fraction of sp³-hybridized carbons (Fsp3) is 0.154. The van der Waals surface area contributed by atoms with E-state index < -0.39 is 0 Å². The van der Waals surface area contributed by atoms with Crippen LogP contribution in [0.15, 0.2) is 48.7 Å². The van der Waals surface area contributed by atoms with Gasteiger partial charge in [0.25, 0.3) is 0 Å². The number of anilines is 2. The highest BCUT2D eigenvalue weighted by Gasteiger charge is 1.86. The molecule has 0 amide bonds. The Kier molecular flexibility index (Phi) is 8.31. The van der Waals surface area contributed by atoms with Gasteiger partial charge >= 0.3 is 0 Å². The molecule has 1 rings (SSSR count). The number of hydrogen-bond donors (Lipinski definition) is 2. The summed E-state index contributed by atoms with van der Waals surface area (Å²) in [4.78, 5) is 9.92. The molecule has 0 aromatic heterocycles. The Bertz CT molecular complexity index is 339. The molecule has 16 heavy (non-hydrogen) atoms. The van der Waals surface area contributed by atoms with Crippen molar-refractivity contribution in [3.63, 3.8) is 0 Å². The zero-order valence-electron chi connectivity index (χ0n) is 9.68. The molecule has 0 saturated heterocycles. The summed E-state index contributed by atoms with van der Waals surface area (Å²) in [5.74, 6) is 0. The van der Waals surface area contributed by atoms with Gasteiger partial charge in [0.15, 0.2) is 0 Å². The molecule has 1 aromatic rings. The number of aldehydes is 1. The molecule has 0 spiro atoms. The fourth-order valence-electron chi connectivity index (χ4n) is 0.889. The van der Waals surface area contributed by atoms with Crippen LogP contribution in [0, 0.1) is 0 Å². The van der Waals surface area contributed by atoms with Gasteiger partial charge in [0.1, 0.15) is 6.29 Å². The molecule has 0 atom stereocenters. The minimum Gasteiger partial charge on any atom is -0.399 e. The Morgan fingerprint density at radius 3 is 2.25 bits per heavy atom. The number of nitrogens with one attached hydrogen (secondary N) is 1. The average molecular weight is 218 g/mol. The summed E-state index contributed by atoms with van der Waals surface area (Å²) >= 11 is 0. The zero-order chi connectivity index (χ0) is 12.2. The van der Waals surface area contributed by atoms with Crippen LogP contribution in [0.1, 0.15) is 13.8 Å². The number of rotatable bonds is 4. The molecule has 0 fully saturated rings. The first-order valence-electron chi connectivity index (χ1n) is 5.22. The van der Waals surface area contributed by atoms with Gasteiger partial charge in [-0.15, -0.1) is 0 Å². The smallest absolute Gasteiger partial charge is 0.142 e. The predicted octanol–water partition coefficient (Wildman–Crippen LogP) is 2.98. The van der Waals surface area contributed by atoms with Crippen LogP contribution in [0.4, 0.5) is 11.4 Å². The number of allylic oxidation sites excluding steroid dienone is 3. The Morgan fingerprint density at radius 1 is 1.06 bits per heavy atom. The molecular formula is C13H18N2O. The quantitative estimate of drug-likeness (QED) is 0.353. The van der Waals surface area contributed by atoms with Crippen molar-refractivity contribution >= 4 is 17.7 Å². The van der Waals surface area contributed by atoms with Crippen LogP contribution >= 0.6 is 0 Å². The number of hydrogen-bond acceptors (Lipinski definition) is 3. The van der Waals surface area contributed by atoms with Crippen molar-refractivity contribution in [1.82, 2.24) is 0 Å². The first-order valence-corrected chi connectivity index (χ1v) is 5.22. The first kappa shape index (κ1) is 14.0. The number of nitrogens with two attached hydrogens (primary N) is 1. The largest absolute Gasteiger partial charge is 0.399 e. The Balaban J connectivity index is 0.00000106. The van der Waals surface area contributed by atoms with Crippen molar-refractivity contribution < 1.29 is 4.79 Å². The number of carbonyl (C=O) groups excluding carboxylic acids is 1. The van der Waals surface area contributed by atoms with Crippen molar-refractivity contribution in [3.8, 4) is 0 Å². The molecule has 1 aromatic carbocycles. The van der Waals surface area contributed by atoms with E-state index >= 15 is 0 Å². The Labute approximate surface area is 96.7 Å². The molecule has 0 radical (unpaired) electrons. The third-order valence-corrected chi connectivity index (χ3v) is 1.56. The maximum absolute atomic E-state index is 9.92. The second-order valence-electron chi connectivity index (χ2n) is 2.65. The van der Waals surface area contributed by atoms with E-state index in [4.69, 9.17) is 5.73 Å².